The maximum absolute atomic E-state index is 7.89. The molecule has 0 aromatic rings. The Labute approximate surface area is 59.8 Å². The largest absolute Gasteiger partial charge is 1.00 e. The molecule has 0 saturated carbocycles. The molecule has 6 heavy (non-hydrogen) atoms. The molecule has 0 aromatic carbocycles. The van der Waals surface area contributed by atoms with Gasteiger partial charge in [-0.2, -0.15) is 6.61 Å². The van der Waals surface area contributed by atoms with E-state index in [-0.39, 0.29) is 36.2 Å². The summed E-state index contributed by atoms with van der Waals surface area (Å²) in [6, 6.07) is 0. The molecular weight excluding hydrogens is 91.0 g/mol. The average molecular weight is 98.1 g/mol. The summed E-state index contributed by atoms with van der Waals surface area (Å²) in [4.78, 5) is 0. The molecule has 0 rings (SSSR count). The van der Waals surface area contributed by atoms with Crippen molar-refractivity contribution in [2.45, 2.75) is 0 Å². The molecule has 1 N–H and O–H groups in total. The molecule has 0 fully saturated rings. The fourth-order valence-electron chi connectivity index (χ4n) is 0.0745. The number of ether oxygens (including phenoxy) is 1. The van der Waals surface area contributed by atoms with Crippen LogP contribution in [0, 0.1) is 6.61 Å². The number of hydrogen-bond acceptors (Lipinski definition) is 2. The Morgan fingerprint density at radius 3 is 2.33 bits per heavy atom. The van der Waals surface area contributed by atoms with Crippen molar-refractivity contribution in [3.63, 3.8) is 0 Å². The van der Waals surface area contributed by atoms with Crippen LogP contribution in [0.1, 0.15) is 0 Å². The Hall–Kier alpha value is 0.920. The maximum Gasteiger partial charge on any atom is 1.00 e. The van der Waals surface area contributed by atoms with E-state index in [4.69, 9.17) is 5.11 Å². The molecule has 0 aromatic heterocycles. The van der Waals surface area contributed by atoms with Crippen LogP contribution in [0.4, 0.5) is 0 Å². The Kier molecular flexibility index (Phi) is 15.6. The van der Waals surface area contributed by atoms with Crippen LogP contribution >= 0.6 is 0 Å². The summed E-state index contributed by atoms with van der Waals surface area (Å²) in [7, 11) is 1.50. The molecule has 0 atom stereocenters. The van der Waals surface area contributed by atoms with Crippen molar-refractivity contribution < 1.29 is 39.4 Å². The topological polar surface area (TPSA) is 29.5 Å². The summed E-state index contributed by atoms with van der Waals surface area (Å²) >= 11 is 0. The molecule has 3 heteroatoms. The molecular formula is C3H7NaO2. The smallest absolute Gasteiger partial charge is 0.552 e. The number of methoxy groups -OCH3 is 1. The van der Waals surface area contributed by atoms with Crippen LogP contribution in [0.2, 0.25) is 0 Å². The molecule has 0 saturated heterocycles. The van der Waals surface area contributed by atoms with Gasteiger partial charge in [0.2, 0.25) is 0 Å². The van der Waals surface area contributed by atoms with E-state index in [0.717, 1.165) is 0 Å². The van der Waals surface area contributed by atoms with E-state index in [1.165, 1.54) is 13.7 Å². The van der Waals surface area contributed by atoms with E-state index in [1.807, 2.05) is 0 Å². The van der Waals surface area contributed by atoms with Crippen molar-refractivity contribution in [2.75, 3.05) is 13.7 Å². The van der Waals surface area contributed by atoms with Crippen molar-refractivity contribution in [3.05, 3.63) is 6.61 Å². The van der Waals surface area contributed by atoms with Gasteiger partial charge in [-0.05, 0) is 7.11 Å². The third kappa shape index (κ3) is 8.87. The summed E-state index contributed by atoms with van der Waals surface area (Å²) in [5, 5.41) is 7.89. The van der Waals surface area contributed by atoms with E-state index >= 15 is 0 Å². The normalized spacial score (nSPS) is 7.00. The van der Waals surface area contributed by atoms with Crippen molar-refractivity contribution in [2.24, 2.45) is 0 Å². The molecule has 0 bridgehead atoms. The first-order valence-electron chi connectivity index (χ1n) is 1.37. The molecule has 0 aliphatic carbocycles. The van der Waals surface area contributed by atoms with Gasteiger partial charge in [-0.15, -0.1) is 0 Å². The van der Waals surface area contributed by atoms with Crippen LogP contribution in [0.3, 0.4) is 0 Å². The summed E-state index contributed by atoms with van der Waals surface area (Å²) < 4.78 is 4.32. The minimum Gasteiger partial charge on any atom is -0.552 e. The second-order valence-electron chi connectivity index (χ2n) is 0.585. The summed E-state index contributed by atoms with van der Waals surface area (Å²) in [6.45, 7) is 1.30. The van der Waals surface area contributed by atoms with E-state index < -0.39 is 0 Å². The predicted octanol–water partition coefficient (Wildman–Crippen LogP) is -3.21. The zero-order valence-electron chi connectivity index (χ0n) is 4.14. The minimum atomic E-state index is -0.00347. The van der Waals surface area contributed by atoms with E-state index in [1.54, 1.807) is 0 Å². The maximum atomic E-state index is 7.89. The zero-order chi connectivity index (χ0) is 4.12. The zero-order valence-corrected chi connectivity index (χ0v) is 6.14. The van der Waals surface area contributed by atoms with Gasteiger partial charge in [0.05, 0.1) is 0 Å². The number of rotatable bonds is 2. The monoisotopic (exact) mass is 98.0 g/mol. The second-order valence-corrected chi connectivity index (χ2v) is 0.585. The van der Waals surface area contributed by atoms with Gasteiger partial charge in [0.1, 0.15) is 0 Å². The Balaban J connectivity index is 0. The van der Waals surface area contributed by atoms with Crippen molar-refractivity contribution in [1.82, 2.24) is 0 Å². The Bertz CT molecular complexity index is 16.3. The van der Waals surface area contributed by atoms with Crippen molar-refractivity contribution in [3.8, 4) is 0 Å². The summed E-state index contributed by atoms with van der Waals surface area (Å²) in [6.07, 6.45) is 0. The number of aliphatic hydroxyl groups is 1. The first kappa shape index (κ1) is 10.0. The molecule has 0 heterocycles. The second kappa shape index (κ2) is 9.33. The van der Waals surface area contributed by atoms with Gasteiger partial charge in [-0.25, -0.2) is 0 Å². The molecule has 0 aliphatic heterocycles. The fraction of sp³-hybridized carbons (Fsp3) is 0.667. The third-order valence-electron chi connectivity index (χ3n) is 0.241. The van der Waals surface area contributed by atoms with Gasteiger partial charge < -0.3 is 9.84 Å². The fourth-order valence-corrected chi connectivity index (χ4v) is 0.0745. The number of hydrogen-bond donors (Lipinski definition) is 1. The molecule has 0 spiro atoms. The predicted molar refractivity (Wildman–Crippen MR) is 18.4 cm³/mol. The van der Waals surface area contributed by atoms with E-state index in [2.05, 4.69) is 4.74 Å². The standard InChI is InChI=1S/C3H7O2.Na/c1-5-3-2-4;/h3-4H,2H2,1H3;/q-1;+1. The van der Waals surface area contributed by atoms with Gasteiger partial charge in [0.25, 0.3) is 0 Å². The average Bonchev–Trinajstić information content (AvgIpc) is 1.41. The molecule has 0 radical (unpaired) electrons. The third-order valence-corrected chi connectivity index (χ3v) is 0.241. The van der Waals surface area contributed by atoms with Crippen LogP contribution in [0.15, 0.2) is 0 Å². The van der Waals surface area contributed by atoms with Crippen LogP contribution in [0.5, 0.6) is 0 Å². The first-order chi connectivity index (χ1) is 2.41. The SMILES string of the molecule is CO[CH-]CO.[Na+]. The number of aliphatic hydroxyl groups excluding tert-OH is 1. The van der Waals surface area contributed by atoms with Gasteiger partial charge in [-0.1, -0.05) is 6.61 Å². The van der Waals surface area contributed by atoms with Crippen LogP contribution in [0.25, 0.3) is 0 Å². The molecule has 0 aliphatic rings. The summed E-state index contributed by atoms with van der Waals surface area (Å²) in [5.74, 6) is 0. The van der Waals surface area contributed by atoms with Crippen LogP contribution < -0.4 is 29.6 Å². The molecule has 2 nitrogen and oxygen atoms in total. The minimum absolute atomic E-state index is 0. The van der Waals surface area contributed by atoms with Gasteiger partial charge >= 0.3 is 29.6 Å². The van der Waals surface area contributed by atoms with Gasteiger partial charge in [0.15, 0.2) is 0 Å². The van der Waals surface area contributed by atoms with Crippen molar-refractivity contribution >= 4 is 0 Å². The Morgan fingerprint density at radius 2 is 2.33 bits per heavy atom. The summed E-state index contributed by atoms with van der Waals surface area (Å²) in [5.41, 5.74) is 0. The van der Waals surface area contributed by atoms with Gasteiger partial charge in [0, 0.05) is 0 Å². The van der Waals surface area contributed by atoms with Crippen LogP contribution in [-0.4, -0.2) is 18.8 Å². The quantitative estimate of drug-likeness (QED) is 0.291. The first-order valence-corrected chi connectivity index (χ1v) is 1.37. The molecule has 32 valence electrons. The van der Waals surface area contributed by atoms with Gasteiger partial charge in [-0.3, -0.25) is 0 Å². The van der Waals surface area contributed by atoms with E-state index in [0.29, 0.717) is 0 Å². The van der Waals surface area contributed by atoms with E-state index in [9.17, 15) is 0 Å². The molecule has 0 amide bonds. The van der Waals surface area contributed by atoms with Crippen LogP contribution in [-0.2, 0) is 4.74 Å². The Morgan fingerprint density at radius 1 is 1.83 bits per heavy atom. The van der Waals surface area contributed by atoms with Crippen molar-refractivity contribution in [1.29, 1.82) is 0 Å². The molecule has 0 unspecified atom stereocenters.